The highest BCUT2D eigenvalue weighted by molar-refractivity contribution is 6.31. The SMILES string of the molecule is Cc1ccc(Cl)cc1C(=O)NC1C(C)(C)C(N)C1(C)C. The van der Waals surface area contributed by atoms with Crippen LogP contribution in [0.2, 0.25) is 5.02 Å². The minimum atomic E-state index is -0.106. The van der Waals surface area contributed by atoms with Crippen LogP contribution in [0.3, 0.4) is 0 Å². The number of rotatable bonds is 2. The van der Waals surface area contributed by atoms with E-state index in [1.807, 2.05) is 13.0 Å². The zero-order valence-electron chi connectivity index (χ0n) is 12.8. The standard InChI is InChI=1S/C16H23ClN2O/c1-9-6-7-10(17)8-11(9)12(20)19-14-15(2,3)13(18)16(14,4)5/h6-8,13-14H,18H2,1-5H3,(H,19,20). The summed E-state index contributed by atoms with van der Waals surface area (Å²) >= 11 is 5.98. The number of halogens is 1. The van der Waals surface area contributed by atoms with E-state index in [0.717, 1.165) is 5.56 Å². The molecule has 1 fully saturated rings. The fraction of sp³-hybridized carbons (Fsp3) is 0.562. The van der Waals surface area contributed by atoms with Gasteiger partial charge in [-0.05, 0) is 24.6 Å². The van der Waals surface area contributed by atoms with Crippen LogP contribution in [0.1, 0.15) is 43.6 Å². The summed E-state index contributed by atoms with van der Waals surface area (Å²) in [5, 5.41) is 3.71. The highest BCUT2D eigenvalue weighted by atomic mass is 35.5. The molecule has 0 atom stereocenters. The van der Waals surface area contributed by atoms with E-state index in [4.69, 9.17) is 17.3 Å². The average Bonchev–Trinajstić information content (AvgIpc) is 2.37. The predicted molar refractivity (Wildman–Crippen MR) is 83.0 cm³/mol. The summed E-state index contributed by atoms with van der Waals surface area (Å²) in [6.45, 7) is 10.3. The molecule has 1 aromatic rings. The minimum absolute atomic E-state index is 0.0517. The first-order valence-corrected chi connectivity index (χ1v) is 7.29. The van der Waals surface area contributed by atoms with Crippen molar-refractivity contribution in [1.82, 2.24) is 5.32 Å². The molecule has 0 bridgehead atoms. The van der Waals surface area contributed by atoms with Gasteiger partial charge >= 0.3 is 0 Å². The Bertz CT molecular complexity index is 535. The number of carbonyl (C=O) groups excluding carboxylic acids is 1. The molecule has 110 valence electrons. The van der Waals surface area contributed by atoms with Crippen molar-refractivity contribution in [2.24, 2.45) is 16.6 Å². The van der Waals surface area contributed by atoms with Crippen LogP contribution < -0.4 is 11.1 Å². The van der Waals surface area contributed by atoms with Crippen molar-refractivity contribution in [3.8, 4) is 0 Å². The Hall–Kier alpha value is -1.06. The summed E-state index contributed by atoms with van der Waals surface area (Å²) in [6.07, 6.45) is 0. The van der Waals surface area contributed by atoms with Crippen LogP contribution in [0.15, 0.2) is 18.2 Å². The van der Waals surface area contributed by atoms with Gasteiger partial charge in [-0.15, -0.1) is 0 Å². The Morgan fingerprint density at radius 2 is 1.80 bits per heavy atom. The molecule has 1 amide bonds. The number of aryl methyl sites for hydroxylation is 1. The predicted octanol–water partition coefficient (Wildman–Crippen LogP) is 3.14. The van der Waals surface area contributed by atoms with Gasteiger partial charge in [-0.25, -0.2) is 0 Å². The molecular weight excluding hydrogens is 272 g/mol. The van der Waals surface area contributed by atoms with Crippen molar-refractivity contribution in [2.45, 2.75) is 46.7 Å². The molecule has 3 N–H and O–H groups in total. The quantitative estimate of drug-likeness (QED) is 0.880. The van der Waals surface area contributed by atoms with E-state index in [9.17, 15) is 4.79 Å². The molecule has 0 heterocycles. The first-order valence-electron chi connectivity index (χ1n) is 6.91. The minimum Gasteiger partial charge on any atom is -0.348 e. The molecule has 2 rings (SSSR count). The summed E-state index contributed by atoms with van der Waals surface area (Å²) in [6, 6.07) is 5.49. The first kappa shape index (κ1) is 15.3. The molecule has 0 aliphatic heterocycles. The number of hydrogen-bond donors (Lipinski definition) is 2. The Labute approximate surface area is 125 Å². The number of amides is 1. The third kappa shape index (κ3) is 2.23. The average molecular weight is 295 g/mol. The lowest BCUT2D eigenvalue weighted by molar-refractivity contribution is -0.0663. The summed E-state index contributed by atoms with van der Waals surface area (Å²) in [5.41, 5.74) is 7.56. The number of nitrogens with two attached hydrogens (primary N) is 1. The highest BCUT2D eigenvalue weighted by Crippen LogP contribution is 2.52. The molecule has 4 heteroatoms. The van der Waals surface area contributed by atoms with Crippen molar-refractivity contribution in [3.05, 3.63) is 34.3 Å². The third-order valence-electron chi connectivity index (χ3n) is 4.81. The van der Waals surface area contributed by atoms with Crippen molar-refractivity contribution in [3.63, 3.8) is 0 Å². The van der Waals surface area contributed by atoms with Crippen molar-refractivity contribution in [2.75, 3.05) is 0 Å². The van der Waals surface area contributed by atoms with Crippen LogP contribution in [0.5, 0.6) is 0 Å². The second-order valence-electron chi connectivity index (χ2n) is 6.99. The van der Waals surface area contributed by atoms with E-state index in [1.165, 1.54) is 0 Å². The van der Waals surface area contributed by atoms with Crippen LogP contribution in [0, 0.1) is 17.8 Å². The van der Waals surface area contributed by atoms with E-state index in [0.29, 0.717) is 10.6 Å². The van der Waals surface area contributed by atoms with Crippen molar-refractivity contribution < 1.29 is 4.79 Å². The van der Waals surface area contributed by atoms with Gasteiger partial charge in [0.05, 0.1) is 0 Å². The monoisotopic (exact) mass is 294 g/mol. The van der Waals surface area contributed by atoms with Gasteiger partial charge in [-0.2, -0.15) is 0 Å². The Kier molecular flexibility index (Phi) is 3.64. The lowest BCUT2D eigenvalue weighted by Gasteiger charge is -2.62. The van der Waals surface area contributed by atoms with E-state index < -0.39 is 0 Å². The molecule has 0 radical (unpaired) electrons. The zero-order chi connectivity index (χ0) is 15.3. The summed E-state index contributed by atoms with van der Waals surface area (Å²) in [7, 11) is 0. The van der Waals surface area contributed by atoms with Crippen LogP contribution in [0.4, 0.5) is 0 Å². The number of benzene rings is 1. The van der Waals surface area contributed by atoms with Crippen LogP contribution >= 0.6 is 11.6 Å². The molecule has 3 nitrogen and oxygen atoms in total. The third-order valence-corrected chi connectivity index (χ3v) is 5.05. The largest absolute Gasteiger partial charge is 0.348 e. The fourth-order valence-electron chi connectivity index (χ4n) is 3.60. The van der Waals surface area contributed by atoms with Gasteiger partial charge in [-0.1, -0.05) is 45.4 Å². The molecule has 1 aliphatic rings. The second kappa shape index (κ2) is 4.74. The summed E-state index contributed by atoms with van der Waals surface area (Å²) < 4.78 is 0. The molecular formula is C16H23ClN2O. The van der Waals surface area contributed by atoms with Crippen LogP contribution in [0.25, 0.3) is 0 Å². The zero-order valence-corrected chi connectivity index (χ0v) is 13.5. The van der Waals surface area contributed by atoms with E-state index in [-0.39, 0.29) is 28.8 Å². The number of hydrogen-bond acceptors (Lipinski definition) is 2. The van der Waals surface area contributed by atoms with Gasteiger partial charge in [-0.3, -0.25) is 4.79 Å². The first-order chi connectivity index (χ1) is 9.08. The van der Waals surface area contributed by atoms with E-state index >= 15 is 0 Å². The number of carbonyl (C=O) groups is 1. The molecule has 0 aromatic heterocycles. The Balaban J connectivity index is 2.22. The van der Waals surface area contributed by atoms with E-state index in [1.54, 1.807) is 12.1 Å². The normalized spacial score (nSPS) is 26.8. The van der Waals surface area contributed by atoms with Crippen molar-refractivity contribution >= 4 is 17.5 Å². The number of nitrogens with one attached hydrogen (secondary N) is 1. The topological polar surface area (TPSA) is 55.1 Å². The van der Waals surface area contributed by atoms with Gasteiger partial charge in [0.15, 0.2) is 0 Å². The maximum atomic E-state index is 12.5. The van der Waals surface area contributed by atoms with Gasteiger partial charge in [0.2, 0.25) is 0 Å². The smallest absolute Gasteiger partial charge is 0.251 e. The molecule has 1 aliphatic carbocycles. The molecule has 1 aromatic carbocycles. The van der Waals surface area contributed by atoms with Gasteiger partial charge in [0.25, 0.3) is 5.91 Å². The molecule has 0 unspecified atom stereocenters. The second-order valence-corrected chi connectivity index (χ2v) is 7.42. The Morgan fingerprint density at radius 3 is 2.35 bits per heavy atom. The highest BCUT2D eigenvalue weighted by Gasteiger charge is 2.60. The van der Waals surface area contributed by atoms with Gasteiger partial charge < -0.3 is 11.1 Å². The summed E-state index contributed by atoms with van der Waals surface area (Å²) in [5.74, 6) is -0.0805. The maximum absolute atomic E-state index is 12.5. The van der Waals surface area contributed by atoms with Crippen LogP contribution in [-0.4, -0.2) is 18.0 Å². The van der Waals surface area contributed by atoms with Gasteiger partial charge in [0.1, 0.15) is 0 Å². The maximum Gasteiger partial charge on any atom is 0.251 e. The fourth-order valence-corrected chi connectivity index (χ4v) is 3.77. The summed E-state index contributed by atoms with van der Waals surface area (Å²) in [4.78, 5) is 12.5. The molecule has 20 heavy (non-hydrogen) atoms. The van der Waals surface area contributed by atoms with Crippen LogP contribution in [-0.2, 0) is 0 Å². The van der Waals surface area contributed by atoms with Gasteiger partial charge in [0, 0.05) is 33.5 Å². The molecule has 1 saturated carbocycles. The van der Waals surface area contributed by atoms with E-state index in [2.05, 4.69) is 33.0 Å². The molecule has 0 spiro atoms. The lowest BCUT2D eigenvalue weighted by atomic mass is 9.48. The Morgan fingerprint density at radius 1 is 1.25 bits per heavy atom. The van der Waals surface area contributed by atoms with Crippen molar-refractivity contribution in [1.29, 1.82) is 0 Å². The lowest BCUT2D eigenvalue weighted by Crippen LogP contribution is -2.76. The molecule has 0 saturated heterocycles.